The lowest BCUT2D eigenvalue weighted by atomic mass is 9.98. The Morgan fingerprint density at radius 3 is 2.39 bits per heavy atom. The van der Waals surface area contributed by atoms with Gasteiger partial charge in [0.2, 0.25) is 0 Å². The Hall–Kier alpha value is -4.00. The lowest BCUT2D eigenvalue weighted by molar-refractivity contribution is -0.132. The fourth-order valence-corrected chi connectivity index (χ4v) is 4.09. The average Bonchev–Trinajstić information content (AvgIpc) is 3.35. The van der Waals surface area contributed by atoms with Gasteiger partial charge in [-0.3, -0.25) is 14.5 Å². The lowest BCUT2D eigenvalue weighted by Crippen LogP contribution is -2.30. The Labute approximate surface area is 191 Å². The molecule has 0 bridgehead atoms. The number of methoxy groups -OCH3 is 2. The van der Waals surface area contributed by atoms with Gasteiger partial charge in [0.1, 0.15) is 34.8 Å². The van der Waals surface area contributed by atoms with Gasteiger partial charge in [-0.25, -0.2) is 0 Å². The quantitative estimate of drug-likeness (QED) is 0.342. The third-order valence-electron chi connectivity index (χ3n) is 5.97. The van der Waals surface area contributed by atoms with Crippen LogP contribution in [-0.4, -0.2) is 31.0 Å². The van der Waals surface area contributed by atoms with Crippen molar-refractivity contribution in [2.45, 2.75) is 26.8 Å². The minimum atomic E-state index is -0.939. The van der Waals surface area contributed by atoms with E-state index in [1.165, 1.54) is 19.1 Å². The van der Waals surface area contributed by atoms with Crippen LogP contribution in [0.1, 0.15) is 34.3 Å². The molecule has 2 heterocycles. The van der Waals surface area contributed by atoms with E-state index in [9.17, 15) is 14.7 Å². The average molecular weight is 447 g/mol. The van der Waals surface area contributed by atoms with Gasteiger partial charge in [-0.05, 0) is 62.2 Å². The van der Waals surface area contributed by atoms with Gasteiger partial charge in [0, 0.05) is 11.8 Å². The number of ether oxygens (including phenoxy) is 2. The van der Waals surface area contributed by atoms with E-state index >= 15 is 0 Å². The van der Waals surface area contributed by atoms with Crippen molar-refractivity contribution in [2.75, 3.05) is 19.1 Å². The van der Waals surface area contributed by atoms with E-state index < -0.39 is 17.7 Å². The number of aliphatic hydroxyl groups is 1. The molecule has 1 fully saturated rings. The Morgan fingerprint density at radius 2 is 1.76 bits per heavy atom. The monoisotopic (exact) mass is 447 g/mol. The number of amides is 1. The molecule has 4 rings (SSSR count). The second kappa shape index (κ2) is 8.50. The van der Waals surface area contributed by atoms with Crippen molar-refractivity contribution in [3.63, 3.8) is 0 Å². The highest BCUT2D eigenvalue weighted by Gasteiger charge is 2.49. The summed E-state index contributed by atoms with van der Waals surface area (Å²) in [6, 6.07) is 12.9. The lowest BCUT2D eigenvalue weighted by Gasteiger charge is -2.25. The number of aryl methyl sites for hydroxylation is 2. The minimum absolute atomic E-state index is 0.0706. The molecular formula is C26H25NO6. The third kappa shape index (κ3) is 3.65. The Kier molecular flexibility index (Phi) is 5.72. The molecule has 1 aromatic heterocycles. The summed E-state index contributed by atoms with van der Waals surface area (Å²) in [4.78, 5) is 28.0. The van der Waals surface area contributed by atoms with Crippen LogP contribution < -0.4 is 14.4 Å². The molecule has 170 valence electrons. The van der Waals surface area contributed by atoms with E-state index in [0.29, 0.717) is 28.7 Å². The zero-order valence-corrected chi connectivity index (χ0v) is 19.1. The number of aliphatic hydroxyl groups excluding tert-OH is 1. The van der Waals surface area contributed by atoms with Crippen LogP contribution in [0.3, 0.4) is 0 Å². The van der Waals surface area contributed by atoms with Crippen LogP contribution in [0.5, 0.6) is 11.5 Å². The second-order valence-electron chi connectivity index (χ2n) is 7.90. The highest BCUT2D eigenvalue weighted by atomic mass is 16.5. The predicted molar refractivity (Wildman–Crippen MR) is 124 cm³/mol. The van der Waals surface area contributed by atoms with Gasteiger partial charge in [0.25, 0.3) is 11.7 Å². The molecule has 0 aliphatic carbocycles. The van der Waals surface area contributed by atoms with Gasteiger partial charge < -0.3 is 19.0 Å². The molecule has 0 saturated carbocycles. The Morgan fingerprint density at radius 1 is 1.00 bits per heavy atom. The minimum Gasteiger partial charge on any atom is -0.507 e. The topological polar surface area (TPSA) is 89.2 Å². The van der Waals surface area contributed by atoms with E-state index in [1.54, 1.807) is 43.3 Å². The number of ketones is 1. The number of nitrogens with zero attached hydrogens (tertiary/aromatic N) is 1. The first-order valence-corrected chi connectivity index (χ1v) is 10.4. The Balaban J connectivity index is 1.98. The molecule has 1 N–H and O–H groups in total. The van der Waals surface area contributed by atoms with Gasteiger partial charge in [0.15, 0.2) is 0 Å². The van der Waals surface area contributed by atoms with Crippen molar-refractivity contribution in [3.05, 3.63) is 82.3 Å². The van der Waals surface area contributed by atoms with Gasteiger partial charge in [0.05, 0.1) is 25.4 Å². The Bertz CT molecular complexity index is 1290. The molecule has 3 aromatic rings. The van der Waals surface area contributed by atoms with Gasteiger partial charge >= 0.3 is 0 Å². The maximum Gasteiger partial charge on any atom is 0.300 e. The van der Waals surface area contributed by atoms with Crippen molar-refractivity contribution < 1.29 is 28.6 Å². The molecule has 2 aromatic carbocycles. The summed E-state index contributed by atoms with van der Waals surface area (Å²) in [6.07, 6.45) is 0. The number of rotatable bonds is 5. The number of hydrogen-bond acceptors (Lipinski definition) is 6. The largest absolute Gasteiger partial charge is 0.507 e. The molecule has 1 aliphatic rings. The fraction of sp³-hybridized carbons (Fsp3) is 0.231. The normalized spacial score (nSPS) is 17.5. The summed E-state index contributed by atoms with van der Waals surface area (Å²) in [5.41, 5.74) is 2.61. The van der Waals surface area contributed by atoms with Crippen LogP contribution in [0.4, 0.5) is 5.69 Å². The number of hydrogen-bond donors (Lipinski definition) is 1. The third-order valence-corrected chi connectivity index (χ3v) is 5.97. The van der Waals surface area contributed by atoms with E-state index in [-0.39, 0.29) is 16.9 Å². The number of Topliss-reactive ketones (excluding diaryl/α,β-unsaturated/α-hetero) is 1. The smallest absolute Gasteiger partial charge is 0.300 e. The van der Waals surface area contributed by atoms with Gasteiger partial charge in [-0.1, -0.05) is 12.1 Å². The van der Waals surface area contributed by atoms with Crippen molar-refractivity contribution in [1.82, 2.24) is 0 Å². The summed E-state index contributed by atoms with van der Waals surface area (Å²) in [6.45, 7) is 5.60. The molecule has 33 heavy (non-hydrogen) atoms. The van der Waals surface area contributed by atoms with Crippen LogP contribution in [0.25, 0.3) is 5.76 Å². The summed E-state index contributed by atoms with van der Waals surface area (Å²) in [5, 5.41) is 11.3. The first kappa shape index (κ1) is 22.2. The van der Waals surface area contributed by atoms with Crippen molar-refractivity contribution in [1.29, 1.82) is 0 Å². The first-order chi connectivity index (χ1) is 15.8. The van der Waals surface area contributed by atoms with Crippen LogP contribution >= 0.6 is 0 Å². The van der Waals surface area contributed by atoms with E-state index in [0.717, 1.165) is 11.1 Å². The molecular weight excluding hydrogens is 422 g/mol. The predicted octanol–water partition coefficient (Wildman–Crippen LogP) is 4.85. The molecule has 1 saturated heterocycles. The van der Waals surface area contributed by atoms with E-state index in [4.69, 9.17) is 13.9 Å². The molecule has 0 spiro atoms. The van der Waals surface area contributed by atoms with Crippen LogP contribution in [-0.2, 0) is 9.59 Å². The molecule has 1 aliphatic heterocycles. The van der Waals surface area contributed by atoms with Crippen LogP contribution in [0, 0.1) is 20.8 Å². The van der Waals surface area contributed by atoms with Gasteiger partial charge in [-0.2, -0.15) is 0 Å². The first-order valence-electron chi connectivity index (χ1n) is 10.4. The van der Waals surface area contributed by atoms with Crippen molar-refractivity contribution in [3.8, 4) is 11.5 Å². The molecule has 1 atom stereocenters. The zero-order valence-electron chi connectivity index (χ0n) is 19.1. The van der Waals surface area contributed by atoms with Crippen LogP contribution in [0.2, 0.25) is 0 Å². The number of anilines is 1. The molecule has 0 radical (unpaired) electrons. The number of carbonyl (C=O) groups is 2. The SMILES string of the molecule is COc1ccc(/C(O)=C2/C(=O)C(=O)N(c3cccc(C)c3C)C2c2ccc(C)o2)c(OC)c1. The maximum atomic E-state index is 13.3. The summed E-state index contributed by atoms with van der Waals surface area (Å²) >= 11 is 0. The maximum absolute atomic E-state index is 13.3. The standard InChI is InChI=1S/C26H25NO6/c1-14-7-6-8-19(16(14)3)27-23(20-12-9-15(2)33-20)22(25(29)26(27)30)24(28)18-11-10-17(31-4)13-21(18)32-5/h6-13,23,28H,1-5H3/b24-22-. The van der Waals surface area contributed by atoms with Gasteiger partial charge in [-0.15, -0.1) is 0 Å². The second-order valence-corrected chi connectivity index (χ2v) is 7.90. The molecule has 7 heteroatoms. The number of carbonyl (C=O) groups excluding carboxylic acids is 2. The molecule has 1 amide bonds. The van der Waals surface area contributed by atoms with Crippen LogP contribution in [0.15, 0.2) is 58.5 Å². The zero-order chi connectivity index (χ0) is 23.9. The molecule has 7 nitrogen and oxygen atoms in total. The number of furan rings is 1. The molecule has 1 unspecified atom stereocenters. The summed E-state index contributed by atoms with van der Waals surface area (Å²) < 4.78 is 16.5. The summed E-state index contributed by atoms with van der Waals surface area (Å²) in [7, 11) is 2.97. The highest BCUT2D eigenvalue weighted by Crippen LogP contribution is 2.45. The highest BCUT2D eigenvalue weighted by molar-refractivity contribution is 6.51. The van der Waals surface area contributed by atoms with Crippen molar-refractivity contribution >= 4 is 23.1 Å². The van der Waals surface area contributed by atoms with E-state index in [1.807, 2.05) is 26.0 Å². The number of benzene rings is 2. The summed E-state index contributed by atoms with van der Waals surface area (Å²) in [5.74, 6) is -0.0568. The fourth-order valence-electron chi connectivity index (χ4n) is 4.09. The van der Waals surface area contributed by atoms with Crippen molar-refractivity contribution in [2.24, 2.45) is 0 Å². The van der Waals surface area contributed by atoms with E-state index in [2.05, 4.69) is 0 Å².